The van der Waals surface area contributed by atoms with Gasteiger partial charge in [-0.2, -0.15) is 5.10 Å². The zero-order valence-electron chi connectivity index (χ0n) is 11.9. The first-order valence-electron chi connectivity index (χ1n) is 7.30. The number of carbonyl (C=O) groups excluding carboxylic acids is 1. The van der Waals surface area contributed by atoms with Crippen LogP contribution in [0.4, 0.5) is 0 Å². The number of carbonyl (C=O) groups is 1. The third-order valence-corrected chi connectivity index (χ3v) is 4.05. The Morgan fingerprint density at radius 2 is 1.86 bits per heavy atom. The first-order chi connectivity index (χ1) is 10.8. The molecule has 1 unspecified atom stereocenters. The van der Waals surface area contributed by atoms with Gasteiger partial charge in [-0.15, -0.1) is 0 Å². The topological polar surface area (TPSA) is 48.5 Å². The number of rotatable bonds is 3. The van der Waals surface area contributed by atoms with E-state index in [1.54, 1.807) is 11.2 Å². The number of H-pyrrole nitrogens is 1. The van der Waals surface area contributed by atoms with E-state index in [4.69, 9.17) is 0 Å². The van der Waals surface area contributed by atoms with Crippen molar-refractivity contribution in [1.82, 2.24) is 9.99 Å². The Bertz CT molecular complexity index is 851. The molecule has 0 saturated carbocycles. The van der Waals surface area contributed by atoms with Crippen molar-refractivity contribution in [3.63, 3.8) is 0 Å². The van der Waals surface area contributed by atoms with Crippen molar-refractivity contribution in [1.29, 1.82) is 0 Å². The molecule has 22 heavy (non-hydrogen) atoms. The molecule has 2 heterocycles. The van der Waals surface area contributed by atoms with Crippen LogP contribution in [0.1, 0.15) is 23.6 Å². The first-order valence-corrected chi connectivity index (χ1v) is 7.30. The summed E-state index contributed by atoms with van der Waals surface area (Å²) in [7, 11) is 0. The number of fused-ring (bicyclic) bond motifs is 1. The molecule has 4 heteroatoms. The van der Waals surface area contributed by atoms with Crippen LogP contribution in [0.5, 0.6) is 0 Å². The van der Waals surface area contributed by atoms with E-state index in [-0.39, 0.29) is 11.9 Å². The average molecular weight is 289 g/mol. The van der Waals surface area contributed by atoms with E-state index in [1.165, 1.54) is 0 Å². The molecule has 108 valence electrons. The molecule has 1 aromatic heterocycles. The van der Waals surface area contributed by atoms with Gasteiger partial charge in [0.25, 0.3) is 0 Å². The molecule has 3 aromatic rings. The van der Waals surface area contributed by atoms with Crippen molar-refractivity contribution in [3.8, 4) is 0 Å². The molecule has 1 aliphatic heterocycles. The summed E-state index contributed by atoms with van der Waals surface area (Å²) in [5.41, 5.74) is 3.18. The maximum atomic E-state index is 11.8. The monoisotopic (exact) mass is 289 g/mol. The number of β-lactam (4-membered cyclic amide) rings is 1. The van der Waals surface area contributed by atoms with Gasteiger partial charge in [-0.05, 0) is 11.6 Å². The number of hydrogen-bond acceptors (Lipinski definition) is 2. The molecule has 1 amide bonds. The molecule has 0 radical (unpaired) electrons. The Balaban J connectivity index is 1.60. The fourth-order valence-corrected chi connectivity index (χ4v) is 2.81. The van der Waals surface area contributed by atoms with Crippen LogP contribution in [0.3, 0.4) is 0 Å². The number of aromatic amines is 1. The van der Waals surface area contributed by atoms with E-state index in [0.29, 0.717) is 6.42 Å². The molecule has 1 fully saturated rings. The fourth-order valence-electron chi connectivity index (χ4n) is 2.81. The van der Waals surface area contributed by atoms with E-state index in [2.05, 4.69) is 10.1 Å². The van der Waals surface area contributed by atoms with Gasteiger partial charge in [0.2, 0.25) is 5.91 Å². The quantitative estimate of drug-likeness (QED) is 0.582. The molecule has 4 nitrogen and oxygen atoms in total. The third-order valence-electron chi connectivity index (χ3n) is 4.05. The van der Waals surface area contributed by atoms with Crippen LogP contribution in [-0.4, -0.2) is 22.1 Å². The number of nitrogens with zero attached hydrogens (tertiary/aromatic N) is 2. The van der Waals surface area contributed by atoms with Crippen molar-refractivity contribution >= 4 is 23.0 Å². The second kappa shape index (κ2) is 5.15. The van der Waals surface area contributed by atoms with Crippen LogP contribution in [0.2, 0.25) is 0 Å². The van der Waals surface area contributed by atoms with Crippen LogP contribution in [0.15, 0.2) is 65.9 Å². The predicted octanol–water partition coefficient (Wildman–Crippen LogP) is 3.48. The van der Waals surface area contributed by atoms with Gasteiger partial charge in [0.1, 0.15) is 0 Å². The molecule has 1 aliphatic rings. The number of hydrazone groups is 1. The maximum absolute atomic E-state index is 11.8. The largest absolute Gasteiger partial charge is 0.361 e. The van der Waals surface area contributed by atoms with E-state index in [1.807, 2.05) is 60.8 Å². The number of aromatic nitrogens is 1. The molecule has 1 N–H and O–H groups in total. The molecule has 4 rings (SSSR count). The summed E-state index contributed by atoms with van der Waals surface area (Å²) in [4.78, 5) is 15.0. The standard InChI is InChI=1S/C18H15N3O/c22-18-10-17(13-6-2-1-3-7-13)21(18)20-12-14-11-19-16-9-5-4-8-15(14)16/h1-9,11-12,17,19H,10H2/b20-12+. The Hall–Kier alpha value is -2.88. The lowest BCUT2D eigenvalue weighted by molar-refractivity contribution is -0.146. The van der Waals surface area contributed by atoms with Gasteiger partial charge in [-0.1, -0.05) is 48.5 Å². The molecule has 0 aliphatic carbocycles. The van der Waals surface area contributed by atoms with Crippen LogP contribution in [-0.2, 0) is 4.79 Å². The Morgan fingerprint density at radius 1 is 1.09 bits per heavy atom. The van der Waals surface area contributed by atoms with Crippen molar-refractivity contribution in [3.05, 3.63) is 71.9 Å². The highest BCUT2D eigenvalue weighted by atomic mass is 16.2. The molecule has 2 aromatic carbocycles. The van der Waals surface area contributed by atoms with Crippen LogP contribution >= 0.6 is 0 Å². The van der Waals surface area contributed by atoms with Crippen molar-refractivity contribution < 1.29 is 4.79 Å². The Kier molecular flexibility index (Phi) is 3.00. The highest BCUT2D eigenvalue weighted by molar-refractivity contribution is 5.99. The summed E-state index contributed by atoms with van der Waals surface area (Å²) >= 11 is 0. The molecular formula is C18H15N3O. The van der Waals surface area contributed by atoms with E-state index >= 15 is 0 Å². The van der Waals surface area contributed by atoms with Gasteiger partial charge in [0.15, 0.2) is 0 Å². The molecular weight excluding hydrogens is 274 g/mol. The zero-order valence-corrected chi connectivity index (χ0v) is 11.9. The van der Waals surface area contributed by atoms with Crippen LogP contribution in [0, 0.1) is 0 Å². The van der Waals surface area contributed by atoms with Gasteiger partial charge < -0.3 is 4.98 Å². The summed E-state index contributed by atoms with van der Waals surface area (Å²) in [6.07, 6.45) is 4.19. The fraction of sp³-hybridized carbons (Fsp3) is 0.111. The van der Waals surface area contributed by atoms with Crippen molar-refractivity contribution in [2.24, 2.45) is 5.10 Å². The van der Waals surface area contributed by atoms with Gasteiger partial charge in [-0.3, -0.25) is 4.79 Å². The van der Waals surface area contributed by atoms with Gasteiger partial charge >= 0.3 is 0 Å². The summed E-state index contributed by atoms with van der Waals surface area (Å²) in [5, 5.41) is 7.07. The molecule has 1 atom stereocenters. The SMILES string of the molecule is O=C1CC(c2ccccc2)N1/N=C/c1c[nH]c2ccccc12. The van der Waals surface area contributed by atoms with E-state index in [0.717, 1.165) is 22.0 Å². The third kappa shape index (κ3) is 2.09. The smallest absolute Gasteiger partial charge is 0.245 e. The molecule has 0 bridgehead atoms. The minimum absolute atomic E-state index is 0.0511. The summed E-state index contributed by atoms with van der Waals surface area (Å²) in [6.45, 7) is 0. The first kappa shape index (κ1) is 12.8. The summed E-state index contributed by atoms with van der Waals surface area (Å²) < 4.78 is 0. The highest BCUT2D eigenvalue weighted by Crippen LogP contribution is 2.34. The normalized spacial score (nSPS) is 18.1. The number of amides is 1. The van der Waals surface area contributed by atoms with E-state index in [9.17, 15) is 4.79 Å². The number of hydrogen-bond donors (Lipinski definition) is 1. The number of nitrogens with one attached hydrogen (secondary N) is 1. The van der Waals surface area contributed by atoms with Gasteiger partial charge in [0.05, 0.1) is 18.7 Å². The minimum Gasteiger partial charge on any atom is -0.361 e. The van der Waals surface area contributed by atoms with Crippen molar-refractivity contribution in [2.45, 2.75) is 12.5 Å². The van der Waals surface area contributed by atoms with Gasteiger partial charge in [-0.25, -0.2) is 5.01 Å². The number of benzene rings is 2. The Labute approximate surface area is 128 Å². The highest BCUT2D eigenvalue weighted by Gasteiger charge is 2.37. The lowest BCUT2D eigenvalue weighted by Crippen LogP contribution is -2.42. The number of para-hydroxylation sites is 1. The molecule has 0 spiro atoms. The second-order valence-electron chi connectivity index (χ2n) is 5.40. The lowest BCUT2D eigenvalue weighted by Gasteiger charge is -2.36. The predicted molar refractivity (Wildman–Crippen MR) is 86.5 cm³/mol. The van der Waals surface area contributed by atoms with E-state index < -0.39 is 0 Å². The maximum Gasteiger partial charge on any atom is 0.245 e. The van der Waals surface area contributed by atoms with Crippen molar-refractivity contribution in [2.75, 3.05) is 0 Å². The Morgan fingerprint density at radius 3 is 2.68 bits per heavy atom. The lowest BCUT2D eigenvalue weighted by atomic mass is 9.96. The average Bonchev–Trinajstić information content (AvgIpc) is 2.97. The summed E-state index contributed by atoms with van der Waals surface area (Å²) in [6, 6.07) is 18.1. The van der Waals surface area contributed by atoms with Crippen LogP contribution < -0.4 is 0 Å². The molecule has 1 saturated heterocycles. The minimum atomic E-state index is 0.0511. The van der Waals surface area contributed by atoms with Gasteiger partial charge in [0, 0.05) is 22.7 Å². The zero-order chi connectivity index (χ0) is 14.9. The van der Waals surface area contributed by atoms with Crippen LogP contribution in [0.25, 0.3) is 10.9 Å². The summed E-state index contributed by atoms with van der Waals surface area (Å²) in [5.74, 6) is 0.0601. The second-order valence-corrected chi connectivity index (χ2v) is 5.40.